The zero-order valence-corrected chi connectivity index (χ0v) is 19.8. The minimum absolute atomic E-state index is 0.196. The Kier molecular flexibility index (Phi) is 9.68. The number of alkyl carbamates (subject to hydrolysis) is 1. The van der Waals surface area contributed by atoms with Crippen LogP contribution in [0, 0.1) is 0 Å². The van der Waals surface area contributed by atoms with Crippen molar-refractivity contribution in [2.75, 3.05) is 13.7 Å². The number of esters is 1. The van der Waals surface area contributed by atoms with Crippen LogP contribution in [-0.4, -0.2) is 48.7 Å². The predicted molar refractivity (Wildman–Crippen MR) is 132 cm³/mol. The van der Waals surface area contributed by atoms with E-state index in [0.717, 1.165) is 22.0 Å². The second-order valence-electron chi connectivity index (χ2n) is 8.24. The molecule has 35 heavy (non-hydrogen) atoms. The monoisotopic (exact) mass is 480 g/mol. The molecule has 1 aromatic heterocycles. The van der Waals surface area contributed by atoms with E-state index in [2.05, 4.69) is 15.6 Å². The molecule has 2 aromatic carbocycles. The number of aromatic amines is 1. The normalized spacial score (nSPS) is 12.5. The molecule has 2 amide bonds. The molecule has 3 rings (SSSR count). The van der Waals surface area contributed by atoms with E-state index in [1.165, 1.54) is 7.11 Å². The largest absolute Gasteiger partial charge is 0.467 e. The molecule has 0 fully saturated rings. The molecule has 0 aliphatic carbocycles. The van der Waals surface area contributed by atoms with Gasteiger partial charge >= 0.3 is 12.1 Å². The summed E-state index contributed by atoms with van der Waals surface area (Å²) in [5.41, 5.74) is 8.94. The average molecular weight is 481 g/mol. The number of nitrogens with one attached hydrogen (secondary N) is 3. The van der Waals surface area contributed by atoms with Crippen LogP contribution in [0.15, 0.2) is 60.8 Å². The third-order valence-corrected chi connectivity index (χ3v) is 5.66. The predicted octanol–water partition coefficient (Wildman–Crippen LogP) is 2.79. The third kappa shape index (κ3) is 7.86. The molecule has 0 spiro atoms. The summed E-state index contributed by atoms with van der Waals surface area (Å²) >= 11 is 0. The SMILES string of the molecule is COC(=O)[C@H](CCCCNC(=O)OCc1ccccc1)NC(=O)[C@H](N)Cc1c[nH]c2ccccc12. The summed E-state index contributed by atoms with van der Waals surface area (Å²) in [7, 11) is 1.28. The number of benzene rings is 2. The van der Waals surface area contributed by atoms with Crippen LogP contribution in [0.4, 0.5) is 4.79 Å². The number of amides is 2. The van der Waals surface area contributed by atoms with Crippen molar-refractivity contribution in [3.05, 3.63) is 71.9 Å². The Hall–Kier alpha value is -3.85. The third-order valence-electron chi connectivity index (χ3n) is 5.66. The molecule has 2 atom stereocenters. The Morgan fingerprint density at radius 2 is 1.77 bits per heavy atom. The summed E-state index contributed by atoms with van der Waals surface area (Å²) < 4.78 is 10.00. The summed E-state index contributed by atoms with van der Waals surface area (Å²) in [4.78, 5) is 39.8. The van der Waals surface area contributed by atoms with E-state index in [9.17, 15) is 14.4 Å². The van der Waals surface area contributed by atoms with E-state index < -0.39 is 30.1 Å². The first-order valence-electron chi connectivity index (χ1n) is 11.6. The van der Waals surface area contributed by atoms with E-state index in [4.69, 9.17) is 15.2 Å². The molecule has 0 aliphatic rings. The molecule has 3 aromatic rings. The lowest BCUT2D eigenvalue weighted by Crippen LogP contribution is -2.49. The summed E-state index contributed by atoms with van der Waals surface area (Å²) in [6.07, 6.45) is 3.21. The van der Waals surface area contributed by atoms with Crippen molar-refractivity contribution in [3.63, 3.8) is 0 Å². The zero-order valence-electron chi connectivity index (χ0n) is 19.8. The number of fused-ring (bicyclic) bond motifs is 1. The first kappa shape index (κ1) is 25.8. The van der Waals surface area contributed by atoms with Crippen LogP contribution in [0.3, 0.4) is 0 Å². The smallest absolute Gasteiger partial charge is 0.407 e. The molecule has 0 radical (unpaired) electrons. The average Bonchev–Trinajstić information content (AvgIpc) is 3.29. The maximum atomic E-state index is 12.7. The number of rotatable bonds is 12. The minimum Gasteiger partial charge on any atom is -0.467 e. The van der Waals surface area contributed by atoms with E-state index in [1.54, 1.807) is 0 Å². The first-order chi connectivity index (χ1) is 17.0. The number of nitrogens with two attached hydrogens (primary N) is 1. The molecule has 0 saturated heterocycles. The fraction of sp³-hybridized carbons (Fsp3) is 0.346. The number of H-pyrrole nitrogens is 1. The van der Waals surface area contributed by atoms with Crippen LogP contribution in [0.1, 0.15) is 30.4 Å². The van der Waals surface area contributed by atoms with Crippen molar-refractivity contribution in [1.82, 2.24) is 15.6 Å². The molecule has 9 nitrogen and oxygen atoms in total. The summed E-state index contributed by atoms with van der Waals surface area (Å²) in [6.45, 7) is 0.581. The number of para-hydroxylation sites is 1. The highest BCUT2D eigenvalue weighted by atomic mass is 16.5. The van der Waals surface area contributed by atoms with Gasteiger partial charge in [0.2, 0.25) is 5.91 Å². The molecular formula is C26H32N4O5. The molecule has 1 heterocycles. The summed E-state index contributed by atoms with van der Waals surface area (Å²) in [5, 5.41) is 6.40. The number of carbonyl (C=O) groups is 3. The van der Waals surface area contributed by atoms with Gasteiger partial charge in [-0.15, -0.1) is 0 Å². The minimum atomic E-state index is -0.817. The van der Waals surface area contributed by atoms with Crippen LogP contribution >= 0.6 is 0 Å². The number of methoxy groups -OCH3 is 1. The van der Waals surface area contributed by atoms with Crippen LogP contribution in [0.2, 0.25) is 0 Å². The lowest BCUT2D eigenvalue weighted by Gasteiger charge is -2.19. The fourth-order valence-corrected chi connectivity index (χ4v) is 3.74. The van der Waals surface area contributed by atoms with Crippen LogP contribution < -0.4 is 16.4 Å². The van der Waals surface area contributed by atoms with Gasteiger partial charge in [-0.05, 0) is 42.9 Å². The summed E-state index contributed by atoms with van der Waals surface area (Å²) in [6, 6.07) is 15.5. The number of hydrogen-bond acceptors (Lipinski definition) is 6. The highest BCUT2D eigenvalue weighted by molar-refractivity contribution is 5.89. The van der Waals surface area contributed by atoms with Crippen LogP contribution in [0.5, 0.6) is 0 Å². The van der Waals surface area contributed by atoms with Crippen molar-refractivity contribution in [2.24, 2.45) is 5.73 Å². The van der Waals surface area contributed by atoms with E-state index in [-0.39, 0.29) is 6.61 Å². The van der Waals surface area contributed by atoms with Crippen molar-refractivity contribution < 1.29 is 23.9 Å². The Morgan fingerprint density at radius 1 is 1.03 bits per heavy atom. The van der Waals surface area contributed by atoms with Gasteiger partial charge < -0.3 is 30.8 Å². The van der Waals surface area contributed by atoms with Crippen LogP contribution in [0.25, 0.3) is 10.9 Å². The molecule has 0 unspecified atom stereocenters. The van der Waals surface area contributed by atoms with Gasteiger partial charge in [-0.25, -0.2) is 9.59 Å². The van der Waals surface area contributed by atoms with Crippen molar-refractivity contribution >= 4 is 28.9 Å². The van der Waals surface area contributed by atoms with Gasteiger partial charge in [0.05, 0.1) is 13.2 Å². The highest BCUT2D eigenvalue weighted by Crippen LogP contribution is 2.19. The van der Waals surface area contributed by atoms with Crippen molar-refractivity contribution in [3.8, 4) is 0 Å². The van der Waals surface area contributed by atoms with Crippen molar-refractivity contribution in [1.29, 1.82) is 0 Å². The molecule has 5 N–H and O–H groups in total. The molecule has 186 valence electrons. The maximum Gasteiger partial charge on any atom is 0.407 e. The van der Waals surface area contributed by atoms with Gasteiger partial charge in [-0.2, -0.15) is 0 Å². The number of unbranched alkanes of at least 4 members (excludes halogenated alkanes) is 1. The lowest BCUT2D eigenvalue weighted by molar-refractivity contribution is -0.145. The van der Waals surface area contributed by atoms with E-state index >= 15 is 0 Å². The Morgan fingerprint density at radius 3 is 2.54 bits per heavy atom. The zero-order chi connectivity index (χ0) is 25.0. The standard InChI is InChI=1S/C26H32N4O5/c1-34-25(32)23(13-7-8-14-28-26(33)35-17-18-9-3-2-4-10-18)30-24(31)21(27)15-19-16-29-22-12-6-5-11-20(19)22/h2-6,9-12,16,21,23,29H,7-8,13-15,17,27H2,1H3,(H,28,33)(H,30,31)/t21-,23+/m1/s1. The highest BCUT2D eigenvalue weighted by Gasteiger charge is 2.24. The maximum absolute atomic E-state index is 12.7. The number of hydrogen-bond donors (Lipinski definition) is 4. The number of ether oxygens (including phenoxy) is 2. The topological polar surface area (TPSA) is 136 Å². The van der Waals surface area contributed by atoms with E-state index in [0.29, 0.717) is 32.2 Å². The number of carbonyl (C=O) groups excluding carboxylic acids is 3. The molecular weight excluding hydrogens is 448 g/mol. The van der Waals surface area contributed by atoms with E-state index in [1.807, 2.05) is 60.8 Å². The van der Waals surface area contributed by atoms with Gasteiger partial charge in [0.25, 0.3) is 0 Å². The molecule has 0 bridgehead atoms. The Bertz CT molecular complexity index is 1120. The molecule has 9 heteroatoms. The first-order valence-corrected chi connectivity index (χ1v) is 11.6. The Labute approximate surface area is 204 Å². The van der Waals surface area contributed by atoms with Gasteiger partial charge in [0.1, 0.15) is 12.6 Å². The Balaban J connectivity index is 1.40. The van der Waals surface area contributed by atoms with Gasteiger partial charge in [-0.1, -0.05) is 48.5 Å². The lowest BCUT2D eigenvalue weighted by atomic mass is 10.0. The van der Waals surface area contributed by atoms with Gasteiger partial charge in [0, 0.05) is 23.6 Å². The number of aromatic nitrogens is 1. The van der Waals surface area contributed by atoms with Gasteiger partial charge in [-0.3, -0.25) is 4.79 Å². The second-order valence-corrected chi connectivity index (χ2v) is 8.24. The second kappa shape index (κ2) is 13.1. The summed E-state index contributed by atoms with van der Waals surface area (Å²) in [5.74, 6) is -0.957. The fourth-order valence-electron chi connectivity index (χ4n) is 3.74. The van der Waals surface area contributed by atoms with Crippen molar-refractivity contribution in [2.45, 2.75) is 44.4 Å². The molecule has 0 saturated carbocycles. The van der Waals surface area contributed by atoms with Gasteiger partial charge in [0.15, 0.2) is 0 Å². The quantitative estimate of drug-likeness (QED) is 0.233. The molecule has 0 aliphatic heterocycles. The van der Waals surface area contributed by atoms with Crippen LogP contribution in [-0.2, 0) is 32.1 Å².